The van der Waals surface area contributed by atoms with E-state index < -0.39 is 6.04 Å². The highest BCUT2D eigenvalue weighted by Crippen LogP contribution is 2.28. The lowest BCUT2D eigenvalue weighted by Gasteiger charge is -2.17. The first-order valence-electron chi connectivity index (χ1n) is 9.28. The molecular formula is C21H21ClN4O2S. The molecule has 0 radical (unpaired) electrons. The van der Waals surface area contributed by atoms with E-state index in [1.165, 1.54) is 11.3 Å². The van der Waals surface area contributed by atoms with Crippen molar-refractivity contribution in [2.75, 3.05) is 5.32 Å². The van der Waals surface area contributed by atoms with E-state index in [4.69, 9.17) is 11.6 Å². The van der Waals surface area contributed by atoms with Crippen LogP contribution in [0.3, 0.4) is 0 Å². The van der Waals surface area contributed by atoms with E-state index in [1.807, 2.05) is 49.4 Å². The molecule has 29 heavy (non-hydrogen) atoms. The second-order valence-corrected chi connectivity index (χ2v) is 7.89. The summed E-state index contributed by atoms with van der Waals surface area (Å²) < 4.78 is 0. The fourth-order valence-electron chi connectivity index (χ4n) is 2.76. The summed E-state index contributed by atoms with van der Waals surface area (Å²) in [5.41, 5.74) is 1.79. The van der Waals surface area contributed by atoms with Crippen LogP contribution in [0.1, 0.15) is 25.3 Å². The van der Waals surface area contributed by atoms with Crippen molar-refractivity contribution in [3.8, 4) is 10.6 Å². The van der Waals surface area contributed by atoms with Crippen molar-refractivity contribution in [2.24, 2.45) is 0 Å². The molecule has 0 spiro atoms. The van der Waals surface area contributed by atoms with Gasteiger partial charge in [-0.2, -0.15) is 0 Å². The Labute approximate surface area is 178 Å². The van der Waals surface area contributed by atoms with Crippen LogP contribution in [0.4, 0.5) is 5.13 Å². The van der Waals surface area contributed by atoms with Crippen molar-refractivity contribution < 1.29 is 9.59 Å². The lowest BCUT2D eigenvalue weighted by molar-refractivity contribution is -0.126. The number of rotatable bonds is 8. The molecule has 0 saturated heterocycles. The van der Waals surface area contributed by atoms with Crippen LogP contribution in [-0.4, -0.2) is 28.1 Å². The first-order valence-corrected chi connectivity index (χ1v) is 10.5. The van der Waals surface area contributed by atoms with Crippen LogP contribution >= 0.6 is 22.9 Å². The van der Waals surface area contributed by atoms with Gasteiger partial charge in [-0.05, 0) is 24.1 Å². The maximum atomic E-state index is 12.8. The van der Waals surface area contributed by atoms with Crippen molar-refractivity contribution >= 4 is 39.9 Å². The summed E-state index contributed by atoms with van der Waals surface area (Å²) in [7, 11) is 0. The molecule has 0 fully saturated rings. The third-order valence-electron chi connectivity index (χ3n) is 4.14. The zero-order chi connectivity index (χ0) is 20.6. The van der Waals surface area contributed by atoms with Gasteiger partial charge < -0.3 is 5.32 Å². The molecule has 0 aliphatic heterocycles. The van der Waals surface area contributed by atoms with Crippen LogP contribution in [0.5, 0.6) is 0 Å². The van der Waals surface area contributed by atoms with E-state index >= 15 is 0 Å². The van der Waals surface area contributed by atoms with Crippen molar-refractivity contribution in [1.29, 1.82) is 0 Å². The first-order chi connectivity index (χ1) is 14.0. The van der Waals surface area contributed by atoms with Crippen LogP contribution in [0.25, 0.3) is 10.6 Å². The third-order valence-corrected chi connectivity index (χ3v) is 5.26. The molecule has 8 heteroatoms. The number of carbonyl (C=O) groups is 2. The quantitative estimate of drug-likeness (QED) is 0.559. The van der Waals surface area contributed by atoms with Gasteiger partial charge in [0.1, 0.15) is 11.0 Å². The first kappa shape index (κ1) is 21.0. The Hall–Kier alpha value is -2.77. The van der Waals surface area contributed by atoms with E-state index in [1.54, 1.807) is 12.1 Å². The molecule has 1 atom stereocenters. The molecule has 0 saturated carbocycles. The average molecular weight is 429 g/mol. The summed E-state index contributed by atoms with van der Waals surface area (Å²) in [5, 5.41) is 15.4. The predicted molar refractivity (Wildman–Crippen MR) is 116 cm³/mol. The molecule has 1 unspecified atom stereocenters. The molecule has 2 aromatic carbocycles. The molecule has 1 heterocycles. The highest BCUT2D eigenvalue weighted by molar-refractivity contribution is 7.18. The molecule has 0 aliphatic rings. The minimum Gasteiger partial charge on any atom is -0.344 e. The van der Waals surface area contributed by atoms with Gasteiger partial charge in [0.15, 0.2) is 0 Å². The Morgan fingerprint density at radius 1 is 1.10 bits per heavy atom. The number of benzene rings is 2. The van der Waals surface area contributed by atoms with Gasteiger partial charge in [0.25, 0.3) is 0 Å². The number of hydrogen-bond donors (Lipinski definition) is 2. The normalized spacial score (nSPS) is 11.7. The Morgan fingerprint density at radius 2 is 1.90 bits per heavy atom. The number of carbonyl (C=O) groups excluding carboxylic acids is 2. The predicted octanol–water partition coefficient (Wildman–Crippen LogP) is 4.32. The summed E-state index contributed by atoms with van der Waals surface area (Å²) >= 11 is 7.28. The zero-order valence-corrected chi connectivity index (χ0v) is 17.5. The average Bonchev–Trinajstić information content (AvgIpc) is 3.17. The number of aromatic nitrogens is 2. The summed E-state index contributed by atoms with van der Waals surface area (Å²) in [6.07, 6.45) is 1.48. The zero-order valence-electron chi connectivity index (χ0n) is 15.9. The Morgan fingerprint density at radius 3 is 2.62 bits per heavy atom. The van der Waals surface area contributed by atoms with E-state index in [2.05, 4.69) is 20.8 Å². The molecule has 150 valence electrons. The molecular weight excluding hydrogens is 408 g/mol. The van der Waals surface area contributed by atoms with E-state index in [0.29, 0.717) is 34.4 Å². The number of anilines is 1. The molecule has 1 aromatic heterocycles. The van der Waals surface area contributed by atoms with Gasteiger partial charge in [-0.25, -0.2) is 0 Å². The van der Waals surface area contributed by atoms with Crippen molar-refractivity contribution in [3.63, 3.8) is 0 Å². The second kappa shape index (κ2) is 10.1. The summed E-state index contributed by atoms with van der Waals surface area (Å²) in [6, 6.07) is 16.1. The largest absolute Gasteiger partial charge is 0.344 e. The van der Waals surface area contributed by atoms with Gasteiger partial charge >= 0.3 is 0 Å². The standard InChI is InChI=1S/C21H21ClN4O2S/c1-2-7-18(27)23-17(12-14-8-4-3-5-9-14)19(28)24-21-26-25-20(29-21)15-10-6-11-16(22)13-15/h3-6,8-11,13,17H,2,7,12H2,1H3,(H,23,27)(H,24,26,28). The molecule has 6 nitrogen and oxygen atoms in total. The molecule has 3 rings (SSSR count). The number of halogens is 1. The minimum atomic E-state index is -0.699. The Bertz CT molecular complexity index is 978. The maximum absolute atomic E-state index is 12.8. The molecule has 2 N–H and O–H groups in total. The van der Waals surface area contributed by atoms with Crippen molar-refractivity contribution in [2.45, 2.75) is 32.2 Å². The van der Waals surface area contributed by atoms with Crippen molar-refractivity contribution in [3.05, 3.63) is 65.2 Å². The second-order valence-electron chi connectivity index (χ2n) is 6.47. The third kappa shape index (κ3) is 6.10. The molecule has 3 aromatic rings. The summed E-state index contributed by atoms with van der Waals surface area (Å²) in [4.78, 5) is 24.9. The van der Waals surface area contributed by atoms with Crippen LogP contribution < -0.4 is 10.6 Å². The van der Waals surface area contributed by atoms with Gasteiger partial charge in [-0.3, -0.25) is 14.9 Å². The van der Waals surface area contributed by atoms with Crippen LogP contribution in [0.15, 0.2) is 54.6 Å². The monoisotopic (exact) mass is 428 g/mol. The van der Waals surface area contributed by atoms with Gasteiger partial charge in [0.05, 0.1) is 0 Å². The lowest BCUT2D eigenvalue weighted by atomic mass is 10.1. The highest BCUT2D eigenvalue weighted by Gasteiger charge is 2.22. The minimum absolute atomic E-state index is 0.152. The number of nitrogens with one attached hydrogen (secondary N) is 2. The summed E-state index contributed by atoms with van der Waals surface area (Å²) in [6.45, 7) is 1.92. The fourth-order valence-corrected chi connectivity index (χ4v) is 3.69. The smallest absolute Gasteiger partial charge is 0.249 e. The molecule has 0 bridgehead atoms. The lowest BCUT2D eigenvalue weighted by Crippen LogP contribution is -2.45. The highest BCUT2D eigenvalue weighted by atomic mass is 35.5. The number of hydrogen-bond acceptors (Lipinski definition) is 5. The van der Waals surface area contributed by atoms with Crippen LogP contribution in [0.2, 0.25) is 5.02 Å². The maximum Gasteiger partial charge on any atom is 0.249 e. The molecule has 0 aliphatic carbocycles. The van der Waals surface area contributed by atoms with E-state index in [-0.39, 0.29) is 11.8 Å². The topological polar surface area (TPSA) is 84.0 Å². The van der Waals surface area contributed by atoms with Crippen LogP contribution in [0, 0.1) is 0 Å². The number of nitrogens with zero attached hydrogens (tertiary/aromatic N) is 2. The molecule has 2 amide bonds. The van der Waals surface area contributed by atoms with E-state index in [9.17, 15) is 9.59 Å². The number of amides is 2. The van der Waals surface area contributed by atoms with Gasteiger partial charge in [0, 0.05) is 23.4 Å². The Balaban J connectivity index is 1.72. The van der Waals surface area contributed by atoms with Gasteiger partial charge in [0.2, 0.25) is 16.9 Å². The summed E-state index contributed by atoms with van der Waals surface area (Å²) in [5.74, 6) is -0.479. The SMILES string of the molecule is CCCC(=O)NC(Cc1ccccc1)C(=O)Nc1nnc(-c2cccc(Cl)c2)s1. The Kier molecular flexibility index (Phi) is 7.32. The van der Waals surface area contributed by atoms with Gasteiger partial charge in [-0.15, -0.1) is 10.2 Å². The fraction of sp³-hybridized carbons (Fsp3) is 0.238. The van der Waals surface area contributed by atoms with Gasteiger partial charge in [-0.1, -0.05) is 72.3 Å². The van der Waals surface area contributed by atoms with Crippen molar-refractivity contribution in [1.82, 2.24) is 15.5 Å². The van der Waals surface area contributed by atoms with Crippen LogP contribution in [-0.2, 0) is 16.0 Å². The van der Waals surface area contributed by atoms with E-state index in [0.717, 1.165) is 11.1 Å².